The van der Waals surface area contributed by atoms with Gasteiger partial charge in [-0.15, -0.1) is 0 Å². The smallest absolute Gasteiger partial charge is 0.279 e. The lowest BCUT2D eigenvalue weighted by Gasteiger charge is -2.14. The van der Waals surface area contributed by atoms with Crippen molar-refractivity contribution in [2.24, 2.45) is 0 Å². The Bertz CT molecular complexity index is 1020. The zero-order valence-corrected chi connectivity index (χ0v) is 15.4. The summed E-state index contributed by atoms with van der Waals surface area (Å²) in [5, 5.41) is 4.00. The summed E-state index contributed by atoms with van der Waals surface area (Å²) in [4.78, 5) is 32.6. The van der Waals surface area contributed by atoms with E-state index in [0.29, 0.717) is 34.0 Å². The number of amides is 1. The number of hydrogen-bond donors (Lipinski definition) is 3. The van der Waals surface area contributed by atoms with Gasteiger partial charge in [0.1, 0.15) is 6.54 Å². The standard InChI is InChI=1S/C19H19ClN4O2/c1-12-7-8-13(20)9-16(12)22-18(25)11-24(2)10-17-21-15-6-4-3-5-14(15)19(26)23-17/h3-9H,10-11H2,1-2H3,(H,22,25)(H,21,23,26)/p+1. The molecular weight excluding hydrogens is 352 g/mol. The SMILES string of the molecule is Cc1ccc(Cl)cc1NC(=O)C[NH+](C)Cc1nc2ccccc2c(=O)[nH]1. The summed E-state index contributed by atoms with van der Waals surface area (Å²) in [5.41, 5.74) is 2.13. The molecule has 6 nitrogen and oxygen atoms in total. The van der Waals surface area contributed by atoms with Crippen molar-refractivity contribution in [2.45, 2.75) is 13.5 Å². The molecule has 1 amide bonds. The molecule has 1 aromatic heterocycles. The number of anilines is 1. The van der Waals surface area contributed by atoms with E-state index < -0.39 is 0 Å². The lowest BCUT2D eigenvalue weighted by Crippen LogP contribution is -3.08. The molecular formula is C19H20ClN4O2+. The van der Waals surface area contributed by atoms with Crippen LogP contribution >= 0.6 is 11.6 Å². The van der Waals surface area contributed by atoms with E-state index in [1.54, 1.807) is 30.3 Å². The average molecular weight is 372 g/mol. The molecule has 3 N–H and O–H groups in total. The van der Waals surface area contributed by atoms with Crippen molar-refractivity contribution in [1.82, 2.24) is 9.97 Å². The van der Waals surface area contributed by atoms with E-state index in [1.165, 1.54) is 0 Å². The number of nitrogens with one attached hydrogen (secondary N) is 3. The van der Waals surface area contributed by atoms with Gasteiger partial charge in [0.15, 0.2) is 12.4 Å². The first-order valence-electron chi connectivity index (χ1n) is 8.27. The van der Waals surface area contributed by atoms with Gasteiger partial charge in [-0.1, -0.05) is 29.8 Å². The fourth-order valence-corrected chi connectivity index (χ4v) is 2.94. The van der Waals surface area contributed by atoms with Gasteiger partial charge in [0, 0.05) is 10.7 Å². The van der Waals surface area contributed by atoms with Crippen molar-refractivity contribution in [3.05, 3.63) is 69.2 Å². The van der Waals surface area contributed by atoms with Crippen LogP contribution in [0.3, 0.4) is 0 Å². The number of likely N-dealkylation sites (N-methyl/N-ethyl adjacent to an activating group) is 1. The zero-order chi connectivity index (χ0) is 18.7. The Kier molecular flexibility index (Phi) is 5.35. The van der Waals surface area contributed by atoms with E-state index in [0.717, 1.165) is 10.5 Å². The molecule has 0 saturated carbocycles. The fraction of sp³-hybridized carbons (Fsp3) is 0.211. The number of carbonyl (C=O) groups excluding carboxylic acids is 1. The Morgan fingerprint density at radius 3 is 2.85 bits per heavy atom. The van der Waals surface area contributed by atoms with Gasteiger partial charge in [-0.05, 0) is 36.8 Å². The van der Waals surface area contributed by atoms with Gasteiger partial charge in [0.05, 0.1) is 18.0 Å². The van der Waals surface area contributed by atoms with Gasteiger partial charge in [0.25, 0.3) is 11.5 Å². The summed E-state index contributed by atoms with van der Waals surface area (Å²) in [6, 6.07) is 12.6. The molecule has 0 aliphatic carbocycles. The number of aromatic amines is 1. The van der Waals surface area contributed by atoms with Gasteiger partial charge < -0.3 is 15.2 Å². The van der Waals surface area contributed by atoms with Crippen LogP contribution in [0.25, 0.3) is 10.9 Å². The zero-order valence-electron chi connectivity index (χ0n) is 14.6. The quantitative estimate of drug-likeness (QED) is 0.636. The number of aromatic nitrogens is 2. The van der Waals surface area contributed by atoms with Gasteiger partial charge in [-0.2, -0.15) is 0 Å². The van der Waals surface area contributed by atoms with Crippen LogP contribution in [0.2, 0.25) is 5.02 Å². The molecule has 7 heteroatoms. The number of rotatable bonds is 5. The molecule has 134 valence electrons. The van der Waals surface area contributed by atoms with Crippen molar-refractivity contribution < 1.29 is 9.69 Å². The minimum absolute atomic E-state index is 0.129. The second kappa shape index (κ2) is 7.68. The molecule has 0 fully saturated rings. The van der Waals surface area contributed by atoms with Gasteiger partial charge >= 0.3 is 0 Å². The van der Waals surface area contributed by atoms with Crippen molar-refractivity contribution >= 4 is 34.1 Å². The maximum atomic E-state index is 12.3. The van der Waals surface area contributed by atoms with Crippen LogP contribution in [0.15, 0.2) is 47.3 Å². The molecule has 1 heterocycles. The highest BCUT2D eigenvalue weighted by molar-refractivity contribution is 6.31. The predicted octanol–water partition coefficient (Wildman–Crippen LogP) is 1.54. The number of para-hydroxylation sites is 1. The summed E-state index contributed by atoms with van der Waals surface area (Å²) in [5.74, 6) is 0.425. The molecule has 1 unspecified atom stereocenters. The van der Waals surface area contributed by atoms with Crippen LogP contribution in [0.4, 0.5) is 5.69 Å². The van der Waals surface area contributed by atoms with Gasteiger partial charge in [0.2, 0.25) is 0 Å². The normalized spacial score (nSPS) is 12.1. The molecule has 2 aromatic carbocycles. The number of quaternary nitrogens is 1. The second-order valence-electron chi connectivity index (χ2n) is 6.35. The van der Waals surface area contributed by atoms with E-state index in [1.807, 2.05) is 26.1 Å². The number of halogens is 1. The Morgan fingerprint density at radius 2 is 2.04 bits per heavy atom. The van der Waals surface area contributed by atoms with E-state index >= 15 is 0 Å². The first-order chi connectivity index (χ1) is 12.4. The largest absolute Gasteiger partial charge is 0.323 e. The number of nitrogens with zero attached hydrogens (tertiary/aromatic N) is 1. The van der Waals surface area contributed by atoms with Gasteiger partial charge in [-0.3, -0.25) is 9.59 Å². The summed E-state index contributed by atoms with van der Waals surface area (Å²) < 4.78 is 0. The third kappa shape index (κ3) is 4.28. The monoisotopic (exact) mass is 371 g/mol. The van der Waals surface area contributed by atoms with Crippen LogP contribution in [0, 0.1) is 6.92 Å². The van der Waals surface area contributed by atoms with E-state index in [-0.39, 0.29) is 18.0 Å². The minimum Gasteiger partial charge on any atom is -0.323 e. The van der Waals surface area contributed by atoms with Crippen molar-refractivity contribution in [1.29, 1.82) is 0 Å². The van der Waals surface area contributed by atoms with Crippen LogP contribution < -0.4 is 15.8 Å². The highest BCUT2D eigenvalue weighted by Crippen LogP contribution is 2.19. The third-order valence-corrected chi connectivity index (χ3v) is 4.30. The first-order valence-corrected chi connectivity index (χ1v) is 8.65. The van der Waals surface area contributed by atoms with Crippen LogP contribution in [0.5, 0.6) is 0 Å². The highest BCUT2D eigenvalue weighted by Gasteiger charge is 2.14. The molecule has 3 aromatic rings. The van der Waals surface area contributed by atoms with E-state index in [9.17, 15) is 9.59 Å². The number of benzene rings is 2. The average Bonchev–Trinajstić information content (AvgIpc) is 2.58. The molecule has 0 bridgehead atoms. The van der Waals surface area contributed by atoms with Crippen LogP contribution in [-0.4, -0.2) is 29.5 Å². The van der Waals surface area contributed by atoms with Crippen molar-refractivity contribution in [3.63, 3.8) is 0 Å². The molecule has 0 aliphatic rings. The molecule has 0 saturated heterocycles. The minimum atomic E-state index is -0.169. The molecule has 26 heavy (non-hydrogen) atoms. The maximum Gasteiger partial charge on any atom is 0.279 e. The van der Waals surface area contributed by atoms with Crippen molar-refractivity contribution in [3.8, 4) is 0 Å². The van der Waals surface area contributed by atoms with Crippen LogP contribution in [0.1, 0.15) is 11.4 Å². The number of hydrogen-bond acceptors (Lipinski definition) is 3. The molecule has 1 atom stereocenters. The summed E-state index contributed by atoms with van der Waals surface area (Å²) in [7, 11) is 1.87. The number of H-pyrrole nitrogens is 1. The molecule has 0 radical (unpaired) electrons. The molecule has 0 spiro atoms. The number of carbonyl (C=O) groups is 1. The molecule has 0 aliphatic heterocycles. The Labute approximate surface area is 155 Å². The number of aryl methyl sites for hydroxylation is 1. The highest BCUT2D eigenvalue weighted by atomic mass is 35.5. The molecule has 3 rings (SSSR count). The van der Waals surface area contributed by atoms with Crippen LogP contribution in [-0.2, 0) is 11.3 Å². The van der Waals surface area contributed by atoms with Gasteiger partial charge in [-0.25, -0.2) is 4.98 Å². The lowest BCUT2D eigenvalue weighted by molar-refractivity contribution is -0.885. The third-order valence-electron chi connectivity index (χ3n) is 4.07. The Balaban J connectivity index is 1.67. The summed E-state index contributed by atoms with van der Waals surface area (Å²) >= 11 is 5.98. The number of fused-ring (bicyclic) bond motifs is 1. The maximum absolute atomic E-state index is 12.3. The lowest BCUT2D eigenvalue weighted by atomic mass is 10.2. The topological polar surface area (TPSA) is 79.3 Å². The summed E-state index contributed by atoms with van der Waals surface area (Å²) in [6.45, 7) is 2.58. The van der Waals surface area contributed by atoms with Crippen molar-refractivity contribution in [2.75, 3.05) is 18.9 Å². The van der Waals surface area contributed by atoms with E-state index in [4.69, 9.17) is 11.6 Å². The fourth-order valence-electron chi connectivity index (χ4n) is 2.76. The summed E-state index contributed by atoms with van der Waals surface area (Å²) in [6.07, 6.45) is 0. The predicted molar refractivity (Wildman–Crippen MR) is 103 cm³/mol. The van der Waals surface area contributed by atoms with E-state index in [2.05, 4.69) is 15.3 Å². The Hall–Kier alpha value is -2.70. The second-order valence-corrected chi connectivity index (χ2v) is 6.78. The first kappa shape index (κ1) is 18.1. The Morgan fingerprint density at radius 1 is 1.27 bits per heavy atom.